The van der Waals surface area contributed by atoms with E-state index in [2.05, 4.69) is 0 Å². The second-order valence-electron chi connectivity index (χ2n) is 8.09. The van der Waals surface area contributed by atoms with E-state index in [4.69, 9.17) is 28.4 Å². The van der Waals surface area contributed by atoms with Gasteiger partial charge in [-0.15, -0.1) is 0 Å². The highest BCUT2D eigenvalue weighted by Gasteiger charge is 2.54. The van der Waals surface area contributed by atoms with Crippen LogP contribution < -0.4 is 0 Å². The van der Waals surface area contributed by atoms with Crippen molar-refractivity contribution in [2.75, 3.05) is 6.61 Å². The number of Topliss-reactive ketones (excluding diaryl/α,β-unsaturated/α-hetero) is 1. The third-order valence-corrected chi connectivity index (χ3v) is 5.21. The summed E-state index contributed by atoms with van der Waals surface area (Å²) in [7, 11) is 0. The molecule has 0 radical (unpaired) electrons. The lowest BCUT2D eigenvalue weighted by atomic mass is 9.92. The summed E-state index contributed by atoms with van der Waals surface area (Å²) >= 11 is 0. The van der Waals surface area contributed by atoms with Gasteiger partial charge in [0.25, 0.3) is 0 Å². The van der Waals surface area contributed by atoms with Crippen LogP contribution in [0.4, 0.5) is 0 Å². The number of benzene rings is 1. The maximum Gasteiger partial charge on any atom is 0.303 e. The highest BCUT2D eigenvalue weighted by molar-refractivity contribution is 6.24. The van der Waals surface area contributed by atoms with Gasteiger partial charge in [0.2, 0.25) is 18.2 Å². The van der Waals surface area contributed by atoms with Gasteiger partial charge in [-0.2, -0.15) is 0 Å². The largest absolute Gasteiger partial charge is 0.507 e. The molecule has 13 nitrogen and oxygen atoms in total. The Kier molecular flexibility index (Phi) is 8.28. The zero-order valence-corrected chi connectivity index (χ0v) is 20.2. The summed E-state index contributed by atoms with van der Waals surface area (Å²) < 4.78 is 32.2. The third kappa shape index (κ3) is 6.30. The maximum atomic E-state index is 13.1. The van der Waals surface area contributed by atoms with Crippen molar-refractivity contribution >= 4 is 35.4 Å². The Bertz CT molecular complexity index is 1170. The molecule has 1 fully saturated rings. The Labute approximate surface area is 210 Å². The van der Waals surface area contributed by atoms with Gasteiger partial charge in [0, 0.05) is 39.3 Å². The molecule has 0 amide bonds. The van der Waals surface area contributed by atoms with E-state index >= 15 is 0 Å². The second kappa shape index (κ2) is 11.2. The van der Waals surface area contributed by atoms with E-state index < -0.39 is 84.3 Å². The molecule has 1 aromatic carbocycles. The number of ether oxygens (including phenoxy) is 6. The molecule has 37 heavy (non-hydrogen) atoms. The first-order chi connectivity index (χ1) is 17.4. The fraction of sp³-hybridized carbons (Fsp3) is 0.417. The summed E-state index contributed by atoms with van der Waals surface area (Å²) in [5.41, 5.74) is -0.366. The number of phenolic OH excluding ortho intramolecular Hbond substituents is 1. The standard InChI is InChI=1S/C24H24O13/c1-10(25)32-9-18-21(33-11(2)26)22(34-12(3)27)23(35-13(4)28)24(37-18)36-17-8-16(30)14-6-5-7-15(29)19(14)20(17)31/h5-8,18,21-24,29H,9H2,1-4H3/t18-,21-,22+,23-,24-/m1/s1. The lowest BCUT2D eigenvalue weighted by Gasteiger charge is -2.44. The van der Waals surface area contributed by atoms with Crippen molar-refractivity contribution < 1.29 is 62.3 Å². The van der Waals surface area contributed by atoms with Crippen LogP contribution in [-0.2, 0) is 47.6 Å². The molecule has 1 aliphatic heterocycles. The third-order valence-electron chi connectivity index (χ3n) is 5.21. The molecule has 13 heteroatoms. The number of ketones is 2. The average molecular weight is 520 g/mol. The highest BCUT2D eigenvalue weighted by atomic mass is 16.7. The van der Waals surface area contributed by atoms with Crippen LogP contribution in [0, 0.1) is 0 Å². The molecule has 0 bridgehead atoms. The van der Waals surface area contributed by atoms with Gasteiger partial charge >= 0.3 is 23.9 Å². The molecule has 0 aromatic heterocycles. The molecular formula is C24H24O13. The van der Waals surface area contributed by atoms with E-state index in [9.17, 15) is 33.9 Å². The monoisotopic (exact) mass is 520 g/mol. The number of rotatable bonds is 7. The van der Waals surface area contributed by atoms with Gasteiger partial charge < -0.3 is 33.5 Å². The minimum Gasteiger partial charge on any atom is -0.507 e. The quantitative estimate of drug-likeness (QED) is 0.394. The molecule has 1 heterocycles. The normalized spacial score (nSPS) is 24.8. The fourth-order valence-corrected chi connectivity index (χ4v) is 3.87. The van der Waals surface area contributed by atoms with Crippen LogP contribution in [0.5, 0.6) is 5.75 Å². The van der Waals surface area contributed by atoms with Crippen LogP contribution in [-0.4, -0.2) is 77.9 Å². The molecule has 198 valence electrons. The van der Waals surface area contributed by atoms with Crippen LogP contribution in [0.2, 0.25) is 0 Å². The summed E-state index contributed by atoms with van der Waals surface area (Å²) in [5, 5.41) is 10.2. The number of allylic oxidation sites excluding steroid dienone is 2. The second-order valence-corrected chi connectivity index (χ2v) is 8.09. The van der Waals surface area contributed by atoms with Gasteiger partial charge in [0.1, 0.15) is 18.5 Å². The van der Waals surface area contributed by atoms with Gasteiger partial charge in [-0.3, -0.25) is 28.8 Å². The summed E-state index contributed by atoms with van der Waals surface area (Å²) in [6.45, 7) is 3.76. The summed E-state index contributed by atoms with van der Waals surface area (Å²) in [4.78, 5) is 72.7. The molecular weight excluding hydrogens is 496 g/mol. The Hall–Kier alpha value is -4.26. The molecule has 3 rings (SSSR count). The number of aromatic hydroxyl groups is 1. The van der Waals surface area contributed by atoms with Crippen LogP contribution in [0.3, 0.4) is 0 Å². The van der Waals surface area contributed by atoms with Crippen molar-refractivity contribution in [1.29, 1.82) is 0 Å². The van der Waals surface area contributed by atoms with Crippen molar-refractivity contribution in [1.82, 2.24) is 0 Å². The van der Waals surface area contributed by atoms with Gasteiger partial charge in [0.15, 0.2) is 23.8 Å². The van der Waals surface area contributed by atoms with Crippen molar-refractivity contribution in [2.24, 2.45) is 0 Å². The van der Waals surface area contributed by atoms with E-state index in [-0.39, 0.29) is 11.1 Å². The van der Waals surface area contributed by atoms with Crippen molar-refractivity contribution in [2.45, 2.75) is 58.4 Å². The predicted molar refractivity (Wildman–Crippen MR) is 118 cm³/mol. The molecule has 1 saturated heterocycles. The average Bonchev–Trinajstić information content (AvgIpc) is 2.78. The molecule has 5 atom stereocenters. The van der Waals surface area contributed by atoms with Gasteiger partial charge in [-0.25, -0.2) is 0 Å². The van der Waals surface area contributed by atoms with Gasteiger partial charge in [-0.05, 0) is 6.07 Å². The van der Waals surface area contributed by atoms with Crippen LogP contribution in [0.25, 0.3) is 0 Å². The van der Waals surface area contributed by atoms with Crippen LogP contribution in [0.1, 0.15) is 48.4 Å². The number of hydrogen-bond acceptors (Lipinski definition) is 13. The number of phenols is 1. The SMILES string of the molecule is CC(=O)OC[C@H]1O[C@@H](OC2=CC(=O)c3cccc(O)c3C2=O)[C@H](OC(C)=O)[C@@H](OC(C)=O)[C@@H]1OC(C)=O. The van der Waals surface area contributed by atoms with Gasteiger partial charge in [0.05, 0.1) is 5.56 Å². The molecule has 2 aliphatic rings. The highest BCUT2D eigenvalue weighted by Crippen LogP contribution is 2.34. The molecule has 0 saturated carbocycles. The number of esters is 4. The Morgan fingerprint density at radius 1 is 0.865 bits per heavy atom. The van der Waals surface area contributed by atoms with E-state index in [0.717, 1.165) is 33.8 Å². The topological polar surface area (TPSA) is 178 Å². The lowest BCUT2D eigenvalue weighted by molar-refractivity contribution is -0.298. The Morgan fingerprint density at radius 3 is 2.05 bits per heavy atom. The van der Waals surface area contributed by atoms with Crippen LogP contribution in [0.15, 0.2) is 30.0 Å². The first-order valence-corrected chi connectivity index (χ1v) is 11.0. The van der Waals surface area contributed by atoms with Crippen LogP contribution >= 0.6 is 0 Å². The smallest absolute Gasteiger partial charge is 0.303 e. The van der Waals surface area contributed by atoms with Gasteiger partial charge in [-0.1, -0.05) is 12.1 Å². The van der Waals surface area contributed by atoms with Crippen molar-refractivity contribution in [3.8, 4) is 5.75 Å². The Morgan fingerprint density at radius 2 is 1.46 bits per heavy atom. The molecule has 1 aliphatic carbocycles. The number of fused-ring (bicyclic) bond motifs is 1. The minimum atomic E-state index is -1.71. The molecule has 0 spiro atoms. The number of carbonyl (C=O) groups is 6. The van der Waals surface area contributed by atoms with E-state index in [1.807, 2.05) is 0 Å². The zero-order chi connectivity index (χ0) is 27.4. The first kappa shape index (κ1) is 27.3. The van der Waals surface area contributed by atoms with E-state index in [0.29, 0.717) is 0 Å². The predicted octanol–water partition coefficient (Wildman–Crippen LogP) is 0.755. The zero-order valence-electron chi connectivity index (χ0n) is 20.2. The molecule has 1 N–H and O–H groups in total. The summed E-state index contributed by atoms with van der Waals surface area (Å²) in [6, 6.07) is 3.94. The van der Waals surface area contributed by atoms with E-state index in [1.165, 1.54) is 18.2 Å². The summed E-state index contributed by atoms with van der Waals surface area (Å²) in [6.07, 6.45) is -6.72. The first-order valence-electron chi connectivity index (χ1n) is 11.0. The summed E-state index contributed by atoms with van der Waals surface area (Å²) in [5.74, 6) is -5.83. The van der Waals surface area contributed by atoms with E-state index in [1.54, 1.807) is 0 Å². The number of hydrogen-bond donors (Lipinski definition) is 1. The molecule has 1 aromatic rings. The minimum absolute atomic E-state index is 0.0566. The lowest BCUT2D eigenvalue weighted by Crippen LogP contribution is -2.63. The molecule has 0 unspecified atom stereocenters. The van der Waals surface area contributed by atoms with Crippen molar-refractivity contribution in [3.05, 3.63) is 41.2 Å². The van der Waals surface area contributed by atoms with Crippen molar-refractivity contribution in [3.63, 3.8) is 0 Å². The Balaban J connectivity index is 2.03. The maximum absolute atomic E-state index is 13.1. The number of carbonyl (C=O) groups excluding carboxylic acids is 6. The fourth-order valence-electron chi connectivity index (χ4n) is 3.87.